The van der Waals surface area contributed by atoms with Crippen molar-refractivity contribution in [2.45, 2.75) is 18.7 Å². The third-order valence-electron chi connectivity index (χ3n) is 3.33. The molecule has 25 heavy (non-hydrogen) atoms. The molecule has 0 aromatic heterocycles. The molecule has 1 N–H and O–H groups in total. The second-order valence-corrected chi connectivity index (χ2v) is 7.99. The number of carbonyl (C=O) groups is 2. The summed E-state index contributed by atoms with van der Waals surface area (Å²) in [6.07, 6.45) is 0. The number of carbonyl (C=O) groups excluding carboxylic acids is 2. The number of aryl methyl sites for hydroxylation is 1. The molecule has 0 heterocycles. The average Bonchev–Trinajstić information content (AvgIpc) is 2.56. The van der Waals surface area contributed by atoms with Crippen LogP contribution < -0.4 is 5.32 Å². The van der Waals surface area contributed by atoms with Gasteiger partial charge in [-0.05, 0) is 43.3 Å². The van der Waals surface area contributed by atoms with Crippen LogP contribution in [0.5, 0.6) is 0 Å². The largest absolute Gasteiger partial charge is 0.334 e. The SMILES string of the molecule is CC(=O)N=S(=O)(c1ccc(C)cc1)N(C)C(=O)Nc1ccc(Cl)cc1. The van der Waals surface area contributed by atoms with Crippen molar-refractivity contribution >= 4 is 39.1 Å². The summed E-state index contributed by atoms with van der Waals surface area (Å²) in [5.74, 6) is -0.628. The second kappa shape index (κ2) is 7.67. The van der Waals surface area contributed by atoms with Gasteiger partial charge in [-0.3, -0.25) is 4.79 Å². The predicted molar refractivity (Wildman–Crippen MR) is 98.9 cm³/mol. The van der Waals surface area contributed by atoms with Crippen LogP contribution in [-0.4, -0.2) is 27.5 Å². The molecule has 132 valence electrons. The van der Waals surface area contributed by atoms with Crippen LogP contribution in [0.1, 0.15) is 12.5 Å². The zero-order valence-electron chi connectivity index (χ0n) is 14.0. The molecule has 2 aromatic carbocycles. The number of amides is 3. The summed E-state index contributed by atoms with van der Waals surface area (Å²) in [5.41, 5.74) is 1.44. The Labute approximate surface area is 152 Å². The van der Waals surface area contributed by atoms with E-state index >= 15 is 0 Å². The molecule has 0 aliphatic carbocycles. The highest BCUT2D eigenvalue weighted by molar-refractivity contribution is 7.92. The van der Waals surface area contributed by atoms with Gasteiger partial charge in [-0.1, -0.05) is 29.3 Å². The Kier molecular flexibility index (Phi) is 5.81. The molecule has 0 fully saturated rings. The molecule has 0 spiro atoms. The number of benzene rings is 2. The standard InChI is InChI=1S/C17H18ClN3O3S/c1-12-4-10-16(11-5-12)25(24,20-13(2)22)21(3)17(23)19-15-8-6-14(18)7-9-15/h4-11H,1-3H3,(H,19,23). The van der Waals surface area contributed by atoms with Crippen molar-refractivity contribution in [3.63, 3.8) is 0 Å². The normalized spacial score (nSPS) is 12.8. The fraction of sp³-hybridized carbons (Fsp3) is 0.176. The van der Waals surface area contributed by atoms with Crippen LogP contribution in [0.2, 0.25) is 5.02 Å². The van der Waals surface area contributed by atoms with Crippen molar-refractivity contribution in [2.75, 3.05) is 12.4 Å². The maximum atomic E-state index is 13.4. The van der Waals surface area contributed by atoms with E-state index in [-0.39, 0.29) is 4.90 Å². The van der Waals surface area contributed by atoms with E-state index in [4.69, 9.17) is 11.6 Å². The van der Waals surface area contributed by atoms with Crippen molar-refractivity contribution in [3.8, 4) is 0 Å². The number of rotatable bonds is 3. The minimum atomic E-state index is -3.42. The van der Waals surface area contributed by atoms with Crippen molar-refractivity contribution in [1.29, 1.82) is 0 Å². The zero-order chi connectivity index (χ0) is 18.6. The lowest BCUT2D eigenvalue weighted by molar-refractivity contribution is -0.115. The van der Waals surface area contributed by atoms with E-state index in [1.165, 1.54) is 14.0 Å². The molecule has 0 bridgehead atoms. The molecule has 2 aromatic rings. The molecular formula is C17H18ClN3O3S. The lowest BCUT2D eigenvalue weighted by Crippen LogP contribution is -2.36. The van der Waals surface area contributed by atoms with Gasteiger partial charge < -0.3 is 5.32 Å². The fourth-order valence-corrected chi connectivity index (χ4v) is 3.79. The molecule has 3 amide bonds. The van der Waals surface area contributed by atoms with E-state index in [0.717, 1.165) is 9.87 Å². The Morgan fingerprint density at radius 3 is 2.16 bits per heavy atom. The Hall–Kier alpha value is -2.38. The quantitative estimate of drug-likeness (QED) is 0.871. The van der Waals surface area contributed by atoms with E-state index in [0.29, 0.717) is 10.7 Å². The number of halogens is 1. The van der Waals surface area contributed by atoms with Gasteiger partial charge in [0.1, 0.15) is 0 Å². The topological polar surface area (TPSA) is 78.8 Å². The van der Waals surface area contributed by atoms with Gasteiger partial charge >= 0.3 is 6.03 Å². The van der Waals surface area contributed by atoms with Crippen molar-refractivity contribution in [2.24, 2.45) is 4.36 Å². The van der Waals surface area contributed by atoms with Gasteiger partial charge in [-0.2, -0.15) is 0 Å². The Morgan fingerprint density at radius 2 is 1.64 bits per heavy atom. The van der Waals surface area contributed by atoms with Gasteiger partial charge in [0.25, 0.3) is 5.91 Å². The Morgan fingerprint density at radius 1 is 1.08 bits per heavy atom. The molecule has 6 nitrogen and oxygen atoms in total. The van der Waals surface area contributed by atoms with Gasteiger partial charge in [-0.25, -0.2) is 13.3 Å². The first-order chi connectivity index (χ1) is 11.7. The van der Waals surface area contributed by atoms with Crippen LogP contribution in [0.3, 0.4) is 0 Å². The van der Waals surface area contributed by atoms with E-state index in [2.05, 4.69) is 9.68 Å². The molecule has 1 atom stereocenters. The van der Waals surface area contributed by atoms with Gasteiger partial charge in [0.2, 0.25) is 0 Å². The minimum absolute atomic E-state index is 0.280. The molecule has 0 radical (unpaired) electrons. The second-order valence-electron chi connectivity index (χ2n) is 5.35. The van der Waals surface area contributed by atoms with Crippen molar-refractivity contribution < 1.29 is 13.8 Å². The van der Waals surface area contributed by atoms with Gasteiger partial charge in [0.05, 0.1) is 4.90 Å². The molecule has 8 heteroatoms. The highest BCUT2D eigenvalue weighted by Gasteiger charge is 2.25. The molecule has 0 saturated heterocycles. The monoisotopic (exact) mass is 379 g/mol. The first-order valence-electron chi connectivity index (χ1n) is 7.37. The minimum Gasteiger partial charge on any atom is -0.307 e. The molecular weight excluding hydrogens is 362 g/mol. The molecule has 0 aliphatic heterocycles. The first-order valence-corrected chi connectivity index (χ1v) is 9.22. The Balaban J connectivity index is 2.38. The van der Waals surface area contributed by atoms with Crippen LogP contribution in [0.25, 0.3) is 0 Å². The van der Waals surface area contributed by atoms with Crippen LogP contribution in [-0.2, 0) is 14.7 Å². The number of nitrogens with one attached hydrogen (secondary N) is 1. The maximum Gasteiger partial charge on any atom is 0.334 e. The Bertz CT molecular complexity index is 902. The highest BCUT2D eigenvalue weighted by atomic mass is 35.5. The summed E-state index contributed by atoms with van der Waals surface area (Å²) in [6.45, 7) is 3.07. The summed E-state index contributed by atoms with van der Waals surface area (Å²) >= 11 is 5.81. The zero-order valence-corrected chi connectivity index (χ0v) is 15.6. The van der Waals surface area contributed by atoms with Crippen molar-refractivity contribution in [1.82, 2.24) is 4.31 Å². The van der Waals surface area contributed by atoms with Crippen molar-refractivity contribution in [3.05, 3.63) is 59.1 Å². The number of urea groups is 1. The summed E-state index contributed by atoms with van der Waals surface area (Å²) < 4.78 is 18.0. The number of anilines is 1. The van der Waals surface area contributed by atoms with Crippen LogP contribution in [0.15, 0.2) is 57.8 Å². The maximum absolute atomic E-state index is 13.4. The number of nitrogens with zero attached hydrogens (tertiary/aromatic N) is 2. The van der Waals surface area contributed by atoms with Gasteiger partial charge in [-0.15, -0.1) is 4.36 Å². The van der Waals surface area contributed by atoms with Crippen LogP contribution >= 0.6 is 11.6 Å². The third kappa shape index (κ3) is 4.58. The van der Waals surface area contributed by atoms with Gasteiger partial charge in [0, 0.05) is 24.7 Å². The predicted octanol–water partition coefficient (Wildman–Crippen LogP) is 4.10. The summed E-state index contributed by atoms with van der Waals surface area (Å²) in [7, 11) is -2.09. The lowest BCUT2D eigenvalue weighted by atomic mass is 10.2. The van der Waals surface area contributed by atoms with E-state index in [1.807, 2.05) is 6.92 Å². The molecule has 0 saturated carbocycles. The lowest BCUT2D eigenvalue weighted by Gasteiger charge is -2.22. The highest BCUT2D eigenvalue weighted by Crippen LogP contribution is 2.20. The molecule has 2 rings (SSSR count). The van der Waals surface area contributed by atoms with Crippen LogP contribution in [0.4, 0.5) is 10.5 Å². The molecule has 0 aliphatic rings. The fourth-order valence-electron chi connectivity index (χ4n) is 2.01. The summed E-state index contributed by atoms with van der Waals surface area (Å²) in [6, 6.07) is 12.5. The summed E-state index contributed by atoms with van der Waals surface area (Å²) in [4.78, 5) is 24.3. The van der Waals surface area contributed by atoms with E-state index in [1.54, 1.807) is 48.5 Å². The average molecular weight is 380 g/mol. The number of hydrogen-bond acceptors (Lipinski definition) is 3. The summed E-state index contributed by atoms with van der Waals surface area (Å²) in [5, 5.41) is 3.14. The van der Waals surface area contributed by atoms with E-state index in [9.17, 15) is 13.8 Å². The van der Waals surface area contributed by atoms with Crippen LogP contribution in [0, 0.1) is 6.92 Å². The first kappa shape index (κ1) is 19.0. The number of hydrogen-bond donors (Lipinski definition) is 1. The third-order valence-corrected chi connectivity index (χ3v) is 5.88. The molecule has 1 unspecified atom stereocenters. The smallest absolute Gasteiger partial charge is 0.307 e. The van der Waals surface area contributed by atoms with Gasteiger partial charge in [0.15, 0.2) is 9.92 Å². The van der Waals surface area contributed by atoms with E-state index < -0.39 is 21.9 Å².